The highest BCUT2D eigenvalue weighted by Gasteiger charge is 2.26. The monoisotopic (exact) mass is 369 g/mol. The Morgan fingerprint density at radius 2 is 2.04 bits per heavy atom. The molecule has 0 atom stereocenters. The Kier molecular flexibility index (Phi) is 4.98. The predicted molar refractivity (Wildman–Crippen MR) is 97.4 cm³/mol. The summed E-state index contributed by atoms with van der Waals surface area (Å²) in [6, 6.07) is 1.82. The Bertz CT molecular complexity index is 885. The minimum absolute atomic E-state index is 0.0679. The molecule has 2 aromatic rings. The first kappa shape index (κ1) is 17.8. The first-order valence-electron chi connectivity index (χ1n) is 9.39. The van der Waals surface area contributed by atoms with Gasteiger partial charge in [0.25, 0.3) is 11.5 Å². The van der Waals surface area contributed by atoms with Crippen molar-refractivity contribution in [2.45, 2.75) is 57.7 Å². The van der Waals surface area contributed by atoms with Crippen molar-refractivity contribution in [3.8, 4) is 0 Å². The van der Waals surface area contributed by atoms with Crippen LogP contribution in [0.2, 0.25) is 0 Å². The summed E-state index contributed by atoms with van der Waals surface area (Å²) >= 11 is 0. The quantitative estimate of drug-likeness (QED) is 0.876. The number of aromatic nitrogens is 4. The highest BCUT2D eigenvalue weighted by Crippen LogP contribution is 2.27. The number of hydrogen-bond donors (Lipinski definition) is 1. The summed E-state index contributed by atoms with van der Waals surface area (Å²) in [4.78, 5) is 32.9. The fraction of sp³-hybridized carbons (Fsp3) is 0.526. The average molecular weight is 369 g/mol. The fourth-order valence-electron chi connectivity index (χ4n) is 3.72. The summed E-state index contributed by atoms with van der Waals surface area (Å²) in [5, 5.41) is 7.62. The Hall–Kier alpha value is -2.61. The Morgan fingerprint density at radius 3 is 2.78 bits per heavy atom. The number of hydrogen-bond acceptors (Lipinski definition) is 6. The van der Waals surface area contributed by atoms with Crippen LogP contribution >= 0.6 is 0 Å². The van der Waals surface area contributed by atoms with Crippen LogP contribution in [0.1, 0.15) is 59.2 Å². The van der Waals surface area contributed by atoms with Crippen LogP contribution in [0.4, 0.5) is 0 Å². The molecule has 2 aliphatic rings. The number of rotatable bonds is 3. The van der Waals surface area contributed by atoms with Crippen LogP contribution in [0.5, 0.6) is 0 Å². The number of carbonyl (C=O) groups excluding carboxylic acids is 1. The van der Waals surface area contributed by atoms with Gasteiger partial charge in [0.2, 0.25) is 0 Å². The molecule has 4 rings (SSSR count). The van der Waals surface area contributed by atoms with Gasteiger partial charge >= 0.3 is 0 Å². The maximum absolute atomic E-state index is 12.4. The van der Waals surface area contributed by atoms with Crippen molar-refractivity contribution in [1.29, 1.82) is 0 Å². The molecule has 0 unspecified atom stereocenters. The summed E-state index contributed by atoms with van der Waals surface area (Å²) < 4.78 is 7.02. The molecule has 27 heavy (non-hydrogen) atoms. The van der Waals surface area contributed by atoms with Gasteiger partial charge in [0, 0.05) is 30.3 Å². The number of aryl methyl sites for hydroxylation is 1. The first-order chi connectivity index (χ1) is 13.1. The minimum Gasteiger partial charge on any atom is -0.376 e. The topological polar surface area (TPSA) is 99.0 Å². The van der Waals surface area contributed by atoms with Gasteiger partial charge in [-0.05, 0) is 32.6 Å². The smallest absolute Gasteiger partial charge is 0.271 e. The van der Waals surface area contributed by atoms with Crippen LogP contribution < -0.4 is 10.9 Å². The summed E-state index contributed by atoms with van der Waals surface area (Å²) in [5.74, 6) is -0.199. The molecule has 1 fully saturated rings. The molecule has 2 aromatic heterocycles. The van der Waals surface area contributed by atoms with Gasteiger partial charge in [0.15, 0.2) is 0 Å². The van der Waals surface area contributed by atoms with E-state index >= 15 is 0 Å². The molecule has 0 aromatic carbocycles. The van der Waals surface area contributed by atoms with Crippen molar-refractivity contribution >= 4 is 5.91 Å². The molecular weight excluding hydrogens is 346 g/mol. The highest BCUT2D eigenvalue weighted by molar-refractivity contribution is 5.92. The van der Waals surface area contributed by atoms with E-state index in [1.54, 1.807) is 16.9 Å². The Morgan fingerprint density at radius 1 is 1.22 bits per heavy atom. The third-order valence-electron chi connectivity index (χ3n) is 5.25. The number of nitrogens with one attached hydrogen (secondary N) is 1. The lowest BCUT2D eigenvalue weighted by Gasteiger charge is -2.30. The van der Waals surface area contributed by atoms with Crippen LogP contribution in [0, 0.1) is 6.92 Å². The first-order valence-corrected chi connectivity index (χ1v) is 9.39. The van der Waals surface area contributed by atoms with Gasteiger partial charge in [0.1, 0.15) is 5.69 Å². The molecule has 8 nitrogen and oxygen atoms in total. The Labute approximate surface area is 157 Å². The van der Waals surface area contributed by atoms with Gasteiger partial charge in [0.05, 0.1) is 36.8 Å². The van der Waals surface area contributed by atoms with Gasteiger partial charge in [-0.1, -0.05) is 0 Å². The second kappa shape index (κ2) is 7.56. The molecule has 142 valence electrons. The summed E-state index contributed by atoms with van der Waals surface area (Å²) in [6.07, 6.45) is 7.08. The minimum atomic E-state index is -0.199. The van der Waals surface area contributed by atoms with Gasteiger partial charge in [-0.3, -0.25) is 14.6 Å². The zero-order chi connectivity index (χ0) is 18.8. The number of ether oxygens (including phenoxy) is 1. The van der Waals surface area contributed by atoms with Gasteiger partial charge in [-0.2, -0.15) is 5.10 Å². The molecule has 3 heterocycles. The van der Waals surface area contributed by atoms with E-state index in [1.165, 1.54) is 6.20 Å². The third kappa shape index (κ3) is 3.90. The predicted octanol–water partition coefficient (Wildman–Crippen LogP) is 1.33. The number of fused-ring (bicyclic) bond motifs is 1. The third-order valence-corrected chi connectivity index (χ3v) is 5.25. The fourth-order valence-corrected chi connectivity index (χ4v) is 3.72. The van der Waals surface area contributed by atoms with E-state index in [4.69, 9.17) is 4.74 Å². The lowest BCUT2D eigenvalue weighted by molar-refractivity contribution is 0.0915. The number of carbonyl (C=O) groups is 1. The normalized spacial score (nSPS) is 22.1. The zero-order valence-electron chi connectivity index (χ0n) is 15.4. The van der Waals surface area contributed by atoms with E-state index in [0.717, 1.165) is 49.1 Å². The lowest BCUT2D eigenvalue weighted by atomic mass is 9.91. The van der Waals surface area contributed by atoms with E-state index in [-0.39, 0.29) is 23.6 Å². The SMILES string of the molecule is Cc1cnc(C(=O)NC2CCC(n3nc4c(cc3=O)COCC4)CC2)cn1. The molecule has 1 amide bonds. The van der Waals surface area contributed by atoms with Crippen LogP contribution in [0.15, 0.2) is 23.3 Å². The molecule has 1 saturated carbocycles. The molecule has 0 saturated heterocycles. The summed E-state index contributed by atoms with van der Waals surface area (Å²) in [5.41, 5.74) is 2.91. The van der Waals surface area contributed by atoms with E-state index < -0.39 is 0 Å². The van der Waals surface area contributed by atoms with Crippen LogP contribution in [0.25, 0.3) is 0 Å². The van der Waals surface area contributed by atoms with Crippen molar-refractivity contribution in [3.63, 3.8) is 0 Å². The largest absolute Gasteiger partial charge is 0.376 e. The van der Waals surface area contributed by atoms with Crippen LogP contribution in [-0.2, 0) is 17.8 Å². The molecule has 8 heteroatoms. The van der Waals surface area contributed by atoms with Crippen molar-refractivity contribution in [2.24, 2.45) is 0 Å². The second-order valence-corrected chi connectivity index (χ2v) is 7.22. The number of nitrogens with zero attached hydrogens (tertiary/aromatic N) is 4. The average Bonchev–Trinajstić information content (AvgIpc) is 2.68. The number of amides is 1. The van der Waals surface area contributed by atoms with Gasteiger partial charge < -0.3 is 10.1 Å². The molecule has 1 aliphatic heterocycles. The van der Waals surface area contributed by atoms with E-state index in [1.807, 2.05) is 6.92 Å². The molecule has 1 N–H and O–H groups in total. The summed E-state index contributed by atoms with van der Waals surface area (Å²) in [7, 11) is 0. The molecule has 1 aliphatic carbocycles. The molecule has 0 radical (unpaired) electrons. The zero-order valence-corrected chi connectivity index (χ0v) is 15.4. The summed E-state index contributed by atoms with van der Waals surface area (Å²) in [6.45, 7) is 2.96. The maximum atomic E-state index is 12.4. The van der Waals surface area contributed by atoms with Crippen molar-refractivity contribution in [1.82, 2.24) is 25.1 Å². The molecular formula is C19H23N5O3. The van der Waals surface area contributed by atoms with Crippen LogP contribution in [0.3, 0.4) is 0 Å². The molecule has 0 spiro atoms. The van der Waals surface area contributed by atoms with E-state index in [0.29, 0.717) is 18.9 Å². The standard InChI is InChI=1S/C19H23N5O3/c1-12-9-21-17(10-20-12)19(26)22-14-2-4-15(5-3-14)24-18(25)8-13-11-27-7-6-16(13)23-24/h8-10,14-15H,2-7,11H2,1H3,(H,22,26). The van der Waals surface area contributed by atoms with Crippen molar-refractivity contribution in [2.75, 3.05) is 6.61 Å². The Balaban J connectivity index is 1.38. The highest BCUT2D eigenvalue weighted by atomic mass is 16.5. The van der Waals surface area contributed by atoms with Crippen molar-refractivity contribution < 1.29 is 9.53 Å². The second-order valence-electron chi connectivity index (χ2n) is 7.22. The van der Waals surface area contributed by atoms with Gasteiger partial charge in [-0.15, -0.1) is 0 Å². The van der Waals surface area contributed by atoms with Crippen LogP contribution in [-0.4, -0.2) is 38.3 Å². The van der Waals surface area contributed by atoms with E-state index in [2.05, 4.69) is 20.4 Å². The molecule has 0 bridgehead atoms. The maximum Gasteiger partial charge on any atom is 0.271 e. The lowest BCUT2D eigenvalue weighted by Crippen LogP contribution is -2.40. The van der Waals surface area contributed by atoms with Gasteiger partial charge in [-0.25, -0.2) is 9.67 Å². The van der Waals surface area contributed by atoms with Crippen molar-refractivity contribution in [3.05, 3.63) is 51.5 Å². The van der Waals surface area contributed by atoms with E-state index in [9.17, 15) is 9.59 Å².